The zero-order valence-electron chi connectivity index (χ0n) is 25.2. The molecule has 12 heteroatoms. The maximum absolute atomic E-state index is 14.6. The zero-order chi connectivity index (χ0) is 32.7. The first-order valence-corrected chi connectivity index (χ1v) is 16.3. The van der Waals surface area contributed by atoms with E-state index < -0.39 is 27.6 Å². The van der Waals surface area contributed by atoms with Gasteiger partial charge in [0.15, 0.2) is 0 Å². The molecule has 0 saturated carbocycles. The van der Waals surface area contributed by atoms with Gasteiger partial charge in [0, 0.05) is 54.2 Å². The average molecular weight is 645 g/mol. The highest BCUT2D eigenvalue weighted by atomic mass is 32.2. The number of nitrogens with zero attached hydrogens (tertiary/aromatic N) is 2. The van der Waals surface area contributed by atoms with Crippen molar-refractivity contribution in [3.05, 3.63) is 95.6 Å². The summed E-state index contributed by atoms with van der Waals surface area (Å²) in [7, 11) is -0.894. The van der Waals surface area contributed by atoms with Crippen molar-refractivity contribution in [2.45, 2.75) is 12.8 Å². The van der Waals surface area contributed by atoms with Gasteiger partial charge < -0.3 is 19.8 Å². The number of carbonyl (C=O) groups is 1. The molecule has 0 radical (unpaired) electrons. The van der Waals surface area contributed by atoms with Gasteiger partial charge >= 0.3 is 0 Å². The largest absolute Gasteiger partial charge is 0.455 e. The fourth-order valence-corrected chi connectivity index (χ4v) is 6.03. The van der Waals surface area contributed by atoms with Crippen LogP contribution in [0.15, 0.2) is 77.2 Å². The third-order valence-electron chi connectivity index (χ3n) is 7.93. The Balaban J connectivity index is 1.63. The van der Waals surface area contributed by atoms with Crippen LogP contribution in [0.1, 0.15) is 22.3 Å². The number of carbonyl (C=O) groups excluding carboxylic acids is 1. The number of anilines is 1. The Bertz CT molecular complexity index is 2230. The molecule has 0 saturated heterocycles. The molecule has 0 bridgehead atoms. The summed E-state index contributed by atoms with van der Waals surface area (Å²) in [5.41, 5.74) is 4.28. The van der Waals surface area contributed by atoms with Crippen molar-refractivity contribution in [3.8, 4) is 34.0 Å². The number of hydrogen-bond acceptors (Lipinski definition) is 6. The van der Waals surface area contributed by atoms with Crippen LogP contribution in [-0.2, 0) is 16.4 Å². The normalized spacial score (nSPS) is 11.8. The average Bonchev–Trinajstić information content (AvgIpc) is 3.65. The molecule has 0 aliphatic carbocycles. The van der Waals surface area contributed by atoms with E-state index in [9.17, 15) is 27.1 Å². The second-order valence-electron chi connectivity index (χ2n) is 10.9. The predicted molar refractivity (Wildman–Crippen MR) is 174 cm³/mol. The number of nitrogens with one attached hydrogen (secondary N) is 2. The van der Waals surface area contributed by atoms with E-state index in [0.717, 1.165) is 16.1 Å². The van der Waals surface area contributed by atoms with Gasteiger partial charge in [0.2, 0.25) is 10.0 Å². The number of sulfonamides is 1. The van der Waals surface area contributed by atoms with Crippen LogP contribution in [0, 0.1) is 11.6 Å². The van der Waals surface area contributed by atoms with E-state index in [1.54, 1.807) is 30.3 Å². The molecule has 0 fully saturated rings. The molecule has 46 heavy (non-hydrogen) atoms. The van der Waals surface area contributed by atoms with E-state index >= 15 is 0 Å². The summed E-state index contributed by atoms with van der Waals surface area (Å²) in [6, 6.07) is 18.6. The lowest BCUT2D eigenvalue weighted by Gasteiger charge is -2.21. The van der Waals surface area contributed by atoms with Crippen molar-refractivity contribution in [2.24, 2.45) is 0 Å². The van der Waals surface area contributed by atoms with E-state index in [4.69, 9.17) is 9.40 Å². The highest BCUT2D eigenvalue weighted by molar-refractivity contribution is 7.92. The van der Waals surface area contributed by atoms with Crippen molar-refractivity contribution in [3.63, 3.8) is 0 Å². The smallest absolute Gasteiger partial charge is 0.255 e. The number of amides is 1. The molecule has 1 amide bonds. The molecular weight excluding hydrogens is 614 g/mol. The first-order chi connectivity index (χ1) is 22.0. The Labute approximate surface area is 263 Å². The number of fused-ring (bicyclic) bond motifs is 2. The van der Waals surface area contributed by atoms with E-state index in [2.05, 4.69) is 10.3 Å². The molecule has 0 atom stereocenters. The van der Waals surface area contributed by atoms with Gasteiger partial charge in [-0.05, 0) is 73.0 Å². The molecule has 0 spiro atoms. The molecular formula is C34H30F2N4O5S. The molecule has 0 aliphatic heterocycles. The Morgan fingerprint density at radius 2 is 1.80 bits per heavy atom. The highest BCUT2D eigenvalue weighted by Crippen LogP contribution is 2.42. The summed E-state index contributed by atoms with van der Waals surface area (Å²) in [6.07, 6.45) is 2.02. The van der Waals surface area contributed by atoms with Crippen molar-refractivity contribution in [1.29, 1.82) is 0 Å². The van der Waals surface area contributed by atoms with Crippen LogP contribution in [-0.4, -0.2) is 56.4 Å². The number of aliphatic hydroxyl groups excluding tert-OH is 1. The van der Waals surface area contributed by atoms with E-state index in [1.807, 2.05) is 6.07 Å². The summed E-state index contributed by atoms with van der Waals surface area (Å²) in [5.74, 6) is -1.12. The summed E-state index contributed by atoms with van der Waals surface area (Å²) >= 11 is 0. The molecule has 6 aromatic rings. The summed E-state index contributed by atoms with van der Waals surface area (Å²) in [6.45, 7) is -0.0400. The van der Waals surface area contributed by atoms with Gasteiger partial charge in [-0.15, -0.1) is 0 Å². The minimum Gasteiger partial charge on any atom is -0.455 e. The van der Waals surface area contributed by atoms with Crippen molar-refractivity contribution in [2.75, 3.05) is 31.3 Å². The number of hydrogen-bond donors (Lipinski definition) is 3. The number of rotatable bonds is 9. The van der Waals surface area contributed by atoms with Crippen molar-refractivity contribution in [1.82, 2.24) is 15.3 Å². The number of halogens is 2. The number of benzene rings is 3. The van der Waals surface area contributed by atoms with Crippen molar-refractivity contribution < 1.29 is 31.5 Å². The van der Waals surface area contributed by atoms with Gasteiger partial charge in [-0.2, -0.15) is 0 Å². The molecule has 3 heterocycles. The lowest BCUT2D eigenvalue weighted by atomic mass is 9.99. The van der Waals surface area contributed by atoms with Crippen LogP contribution < -0.4 is 9.62 Å². The number of furan rings is 1. The predicted octanol–water partition coefficient (Wildman–Crippen LogP) is 6.27. The van der Waals surface area contributed by atoms with Gasteiger partial charge in [0.1, 0.15) is 23.0 Å². The fourth-order valence-electron chi connectivity index (χ4n) is 5.52. The van der Waals surface area contributed by atoms with Gasteiger partial charge in [-0.3, -0.25) is 9.10 Å². The quantitative estimate of drug-likeness (QED) is 0.170. The van der Waals surface area contributed by atoms with Gasteiger partial charge in [0.25, 0.3) is 5.91 Å². The minimum absolute atomic E-state index is 0.0400. The number of H-pyrrole nitrogens is 1. The van der Waals surface area contributed by atoms with E-state index in [-0.39, 0.29) is 29.2 Å². The summed E-state index contributed by atoms with van der Waals surface area (Å²) < 4.78 is 61.3. The van der Waals surface area contributed by atoms with Crippen LogP contribution in [0.5, 0.6) is 0 Å². The molecule has 6 rings (SSSR count). The molecule has 3 N–H and O–H groups in total. The maximum atomic E-state index is 14.6. The second-order valence-corrected chi connectivity index (χ2v) is 12.9. The van der Waals surface area contributed by atoms with Gasteiger partial charge in [-0.25, -0.2) is 22.2 Å². The molecule has 3 aromatic carbocycles. The van der Waals surface area contributed by atoms with Crippen LogP contribution in [0.2, 0.25) is 0 Å². The molecule has 0 aliphatic rings. The summed E-state index contributed by atoms with van der Waals surface area (Å²) in [5, 5.41) is 12.9. The van der Waals surface area contributed by atoms with Crippen LogP contribution in [0.25, 0.3) is 55.8 Å². The Hall–Kier alpha value is -5.07. The molecule has 0 unspecified atom stereocenters. The molecule has 3 aromatic heterocycles. The lowest BCUT2D eigenvalue weighted by molar-refractivity contribution is 0.0964. The number of aromatic amines is 1. The van der Waals surface area contributed by atoms with E-state index in [0.29, 0.717) is 57.3 Å². The first-order valence-electron chi connectivity index (χ1n) is 14.4. The Kier molecular flexibility index (Phi) is 8.09. The minimum atomic E-state index is -3.77. The van der Waals surface area contributed by atoms with E-state index in [1.165, 1.54) is 50.5 Å². The topological polar surface area (TPSA) is 129 Å². The molecule has 9 nitrogen and oxygen atoms in total. The van der Waals surface area contributed by atoms with Gasteiger partial charge in [0.05, 0.1) is 34.6 Å². The maximum Gasteiger partial charge on any atom is 0.255 e. The summed E-state index contributed by atoms with van der Waals surface area (Å²) in [4.78, 5) is 21.4. The number of aromatic nitrogens is 2. The van der Waals surface area contributed by atoms with Crippen LogP contribution >= 0.6 is 0 Å². The SMILES string of the molecule is CNC(=O)c1c(-c2ccc(F)cc2)oc2cc(N(C)S(C)(=O)=O)c(-c3ccc(CCCO)c(-c4cc5c(F)cccc5[nH]4)n3)cc12. The highest BCUT2D eigenvalue weighted by Gasteiger charge is 2.27. The Morgan fingerprint density at radius 3 is 2.48 bits per heavy atom. The Morgan fingerprint density at radius 1 is 1.04 bits per heavy atom. The first kappa shape index (κ1) is 30.9. The van der Waals surface area contributed by atoms with Crippen LogP contribution in [0.3, 0.4) is 0 Å². The standard InChI is InChI=1S/C34H30F2N4O5S/c1-37-34(42)31-24-16-23(29(40(2)46(3,43)44)18-30(24)45-33(31)20-9-12-21(35)13-10-20)27-14-11-19(6-5-15-41)32(39-27)28-17-22-25(36)7-4-8-26(22)38-28/h4,7-14,16-18,38,41H,5-6,15H2,1-3H3,(H,37,42). The number of aliphatic hydroxyl groups is 1. The number of aryl methyl sites for hydroxylation is 1. The second kappa shape index (κ2) is 12.0. The third-order valence-corrected chi connectivity index (χ3v) is 9.12. The van der Waals surface area contributed by atoms with Crippen molar-refractivity contribution >= 4 is 43.5 Å². The fraction of sp³-hybridized carbons (Fsp3) is 0.176. The van der Waals surface area contributed by atoms with Gasteiger partial charge in [-0.1, -0.05) is 12.1 Å². The number of pyridine rings is 1. The molecule has 236 valence electrons. The third kappa shape index (κ3) is 5.61. The lowest BCUT2D eigenvalue weighted by Crippen LogP contribution is -2.25. The monoisotopic (exact) mass is 644 g/mol. The van der Waals surface area contributed by atoms with Crippen LogP contribution in [0.4, 0.5) is 14.5 Å². The zero-order valence-corrected chi connectivity index (χ0v) is 26.0.